The number of benzene rings is 1. The van der Waals surface area contributed by atoms with Crippen molar-refractivity contribution in [2.75, 3.05) is 6.61 Å². The van der Waals surface area contributed by atoms with Crippen molar-refractivity contribution < 1.29 is 9.52 Å². The fourth-order valence-corrected chi connectivity index (χ4v) is 2.53. The molecule has 1 aromatic heterocycles. The lowest BCUT2D eigenvalue weighted by molar-refractivity contribution is 0.244. The number of halogens is 1. The minimum absolute atomic E-state index is 0.190. The first-order valence-corrected chi connectivity index (χ1v) is 7.01. The summed E-state index contributed by atoms with van der Waals surface area (Å²) in [5.74, 6) is 0.462. The van der Waals surface area contributed by atoms with Gasteiger partial charge in [0, 0.05) is 30.1 Å². The van der Waals surface area contributed by atoms with E-state index in [-0.39, 0.29) is 12.6 Å². The van der Waals surface area contributed by atoms with Crippen LogP contribution in [-0.4, -0.2) is 17.8 Å². The van der Waals surface area contributed by atoms with Crippen molar-refractivity contribution in [1.82, 2.24) is 5.32 Å². The molecule has 1 aromatic carbocycles. The summed E-state index contributed by atoms with van der Waals surface area (Å²) in [5, 5.41) is 14.0. The van der Waals surface area contributed by atoms with Crippen molar-refractivity contribution in [3.8, 4) is 0 Å². The minimum atomic E-state index is 0.190. The second-order valence-corrected chi connectivity index (χ2v) is 5.44. The molecule has 3 nitrogen and oxygen atoms in total. The molecule has 2 aromatic rings. The van der Waals surface area contributed by atoms with E-state index >= 15 is 0 Å². The maximum Gasteiger partial charge on any atom is 0.199 e. The van der Waals surface area contributed by atoms with Gasteiger partial charge in [0.1, 0.15) is 5.58 Å². The van der Waals surface area contributed by atoms with E-state index in [1.807, 2.05) is 24.3 Å². The monoisotopic (exact) mass is 281 g/mol. The van der Waals surface area contributed by atoms with Crippen LogP contribution in [0.4, 0.5) is 0 Å². The van der Waals surface area contributed by atoms with Crippen molar-refractivity contribution in [2.24, 2.45) is 5.92 Å². The van der Waals surface area contributed by atoms with Gasteiger partial charge in [-0.15, -0.1) is 0 Å². The van der Waals surface area contributed by atoms with Crippen molar-refractivity contribution >= 4 is 22.6 Å². The summed E-state index contributed by atoms with van der Waals surface area (Å²) >= 11 is 6.15. The molecule has 0 fully saturated rings. The molecule has 2 rings (SSSR count). The highest BCUT2D eigenvalue weighted by Crippen LogP contribution is 2.29. The zero-order valence-electron chi connectivity index (χ0n) is 11.3. The summed E-state index contributed by atoms with van der Waals surface area (Å²) in [6.45, 7) is 5.12. The van der Waals surface area contributed by atoms with Crippen molar-refractivity contribution in [3.05, 3.63) is 35.0 Å². The average Bonchev–Trinajstić information content (AvgIpc) is 2.70. The molecule has 0 spiro atoms. The highest BCUT2D eigenvalue weighted by atomic mass is 35.5. The summed E-state index contributed by atoms with van der Waals surface area (Å²) in [5.41, 5.74) is 1.80. The van der Waals surface area contributed by atoms with Crippen molar-refractivity contribution in [1.29, 1.82) is 0 Å². The molecule has 1 unspecified atom stereocenters. The first kappa shape index (κ1) is 14.4. The zero-order chi connectivity index (χ0) is 13.8. The van der Waals surface area contributed by atoms with Gasteiger partial charge in [0.2, 0.25) is 0 Å². The Hall–Kier alpha value is -1.03. The van der Waals surface area contributed by atoms with Gasteiger partial charge in [0.25, 0.3) is 0 Å². The van der Waals surface area contributed by atoms with E-state index in [1.165, 1.54) is 0 Å². The molecule has 0 aliphatic carbocycles. The molecule has 4 heteroatoms. The summed E-state index contributed by atoms with van der Waals surface area (Å²) in [6.07, 6.45) is 0.741. The lowest BCUT2D eigenvalue weighted by atomic mass is 10.0. The Labute approximate surface area is 118 Å². The van der Waals surface area contributed by atoms with Gasteiger partial charge in [-0.05, 0) is 30.0 Å². The number of fused-ring (bicyclic) bond motifs is 1. The molecule has 0 radical (unpaired) electrons. The average molecular weight is 282 g/mol. The van der Waals surface area contributed by atoms with E-state index in [0.29, 0.717) is 17.7 Å². The van der Waals surface area contributed by atoms with Crippen LogP contribution in [0.5, 0.6) is 0 Å². The van der Waals surface area contributed by atoms with Gasteiger partial charge in [-0.25, -0.2) is 0 Å². The SMILES string of the molecule is CC(C)C(CCO)NCc1c(Cl)oc2ccccc12. The van der Waals surface area contributed by atoms with E-state index in [9.17, 15) is 0 Å². The second-order valence-electron chi connectivity index (χ2n) is 5.09. The largest absolute Gasteiger partial charge is 0.444 e. The molecule has 1 heterocycles. The molecule has 104 valence electrons. The molecule has 0 aliphatic heterocycles. The van der Waals surface area contributed by atoms with Gasteiger partial charge >= 0.3 is 0 Å². The van der Waals surface area contributed by atoms with E-state index in [0.717, 1.165) is 23.0 Å². The maximum atomic E-state index is 9.08. The predicted octanol–water partition coefficient (Wildman–Crippen LogP) is 3.58. The summed E-state index contributed by atoms with van der Waals surface area (Å²) < 4.78 is 5.53. The third-order valence-corrected chi connectivity index (χ3v) is 3.74. The van der Waals surface area contributed by atoms with Crippen LogP contribution in [-0.2, 0) is 6.54 Å². The standard InChI is InChI=1S/C15H20ClNO2/c1-10(2)13(7-8-18)17-9-12-11-5-3-4-6-14(11)19-15(12)16/h3-6,10,13,17-18H,7-9H2,1-2H3. The Balaban J connectivity index is 2.14. The Morgan fingerprint density at radius 2 is 2.05 bits per heavy atom. The molecule has 0 bridgehead atoms. The molecular formula is C15H20ClNO2. The van der Waals surface area contributed by atoms with E-state index in [2.05, 4.69) is 19.2 Å². The van der Waals surface area contributed by atoms with Gasteiger partial charge in [-0.3, -0.25) is 0 Å². The number of aliphatic hydroxyl groups is 1. The van der Waals surface area contributed by atoms with Crippen LogP contribution < -0.4 is 5.32 Å². The molecular weight excluding hydrogens is 262 g/mol. The highest BCUT2D eigenvalue weighted by molar-refractivity contribution is 6.30. The number of furan rings is 1. The molecule has 0 saturated carbocycles. The molecule has 0 amide bonds. The Kier molecular flexibility index (Phi) is 4.86. The number of rotatable bonds is 6. The van der Waals surface area contributed by atoms with Crippen molar-refractivity contribution in [2.45, 2.75) is 32.9 Å². The number of para-hydroxylation sites is 1. The number of hydrogen-bond acceptors (Lipinski definition) is 3. The fraction of sp³-hybridized carbons (Fsp3) is 0.467. The maximum absolute atomic E-state index is 9.08. The van der Waals surface area contributed by atoms with E-state index in [1.54, 1.807) is 0 Å². The Bertz CT molecular complexity index is 536. The normalized spacial score (nSPS) is 13.3. The fourth-order valence-electron chi connectivity index (χ4n) is 2.28. The Morgan fingerprint density at radius 3 is 2.74 bits per heavy atom. The number of nitrogens with one attached hydrogen (secondary N) is 1. The quantitative estimate of drug-likeness (QED) is 0.851. The smallest absolute Gasteiger partial charge is 0.199 e. The van der Waals surface area contributed by atoms with E-state index < -0.39 is 0 Å². The lowest BCUT2D eigenvalue weighted by Gasteiger charge is -2.21. The second kappa shape index (κ2) is 6.42. The van der Waals surface area contributed by atoms with Crippen LogP contribution in [0, 0.1) is 5.92 Å². The van der Waals surface area contributed by atoms with Gasteiger partial charge < -0.3 is 14.8 Å². The predicted molar refractivity (Wildman–Crippen MR) is 78.4 cm³/mol. The Morgan fingerprint density at radius 1 is 1.32 bits per heavy atom. The zero-order valence-corrected chi connectivity index (χ0v) is 12.1. The molecule has 0 saturated heterocycles. The van der Waals surface area contributed by atoms with Gasteiger partial charge in [0.15, 0.2) is 5.22 Å². The van der Waals surface area contributed by atoms with Crippen molar-refractivity contribution in [3.63, 3.8) is 0 Å². The molecule has 19 heavy (non-hydrogen) atoms. The van der Waals surface area contributed by atoms with Crippen LogP contribution in [0.3, 0.4) is 0 Å². The van der Waals surface area contributed by atoms with Crippen LogP contribution in [0.1, 0.15) is 25.8 Å². The number of hydrogen-bond donors (Lipinski definition) is 2. The van der Waals surface area contributed by atoms with Crippen LogP contribution >= 0.6 is 11.6 Å². The molecule has 0 aliphatic rings. The van der Waals surface area contributed by atoms with Gasteiger partial charge in [0.05, 0.1) is 0 Å². The van der Waals surface area contributed by atoms with Gasteiger partial charge in [-0.2, -0.15) is 0 Å². The highest BCUT2D eigenvalue weighted by Gasteiger charge is 2.16. The van der Waals surface area contributed by atoms with Crippen LogP contribution in [0.15, 0.2) is 28.7 Å². The first-order chi connectivity index (χ1) is 9.13. The summed E-state index contributed by atoms with van der Waals surface area (Å²) in [7, 11) is 0. The topological polar surface area (TPSA) is 45.4 Å². The van der Waals surface area contributed by atoms with E-state index in [4.69, 9.17) is 21.1 Å². The lowest BCUT2D eigenvalue weighted by Crippen LogP contribution is -2.34. The molecule has 1 atom stereocenters. The third kappa shape index (κ3) is 3.30. The minimum Gasteiger partial charge on any atom is -0.444 e. The van der Waals surface area contributed by atoms with Crippen LogP contribution in [0.2, 0.25) is 5.22 Å². The van der Waals surface area contributed by atoms with Crippen LogP contribution in [0.25, 0.3) is 11.0 Å². The number of aliphatic hydroxyl groups excluding tert-OH is 1. The molecule has 2 N–H and O–H groups in total. The summed E-state index contributed by atoms with van der Waals surface area (Å²) in [4.78, 5) is 0. The van der Waals surface area contributed by atoms with Gasteiger partial charge in [-0.1, -0.05) is 32.0 Å². The first-order valence-electron chi connectivity index (χ1n) is 6.63. The summed E-state index contributed by atoms with van der Waals surface area (Å²) in [6, 6.07) is 8.11. The third-order valence-electron chi connectivity index (χ3n) is 3.43.